The highest BCUT2D eigenvalue weighted by atomic mass is 14.1. The van der Waals surface area contributed by atoms with Crippen LogP contribution in [0.3, 0.4) is 0 Å². The minimum Gasteiger partial charge on any atom is -0.0853 e. The van der Waals surface area contributed by atoms with E-state index in [0.29, 0.717) is 5.92 Å². The van der Waals surface area contributed by atoms with E-state index in [1.165, 1.54) is 36.8 Å². The Kier molecular flexibility index (Phi) is 7.65. The van der Waals surface area contributed by atoms with Crippen molar-refractivity contribution < 1.29 is 0 Å². The molecule has 1 atom stereocenters. The van der Waals surface area contributed by atoms with Gasteiger partial charge in [0.05, 0.1) is 0 Å². The topological polar surface area (TPSA) is 0 Å². The fourth-order valence-corrected chi connectivity index (χ4v) is 2.59. The standard InChI is InChI=1S/C20H32/c1-16(2)20-14-12-18(4)10-6-8-17(3)9-7-11-19(5)13-15-20/h8,10-12,14,16,20H,6-7,9,13,15H2,1-5H3/b14-12+,17-8-,18-10+,19-11-/t20-/m0/s1. The van der Waals surface area contributed by atoms with Crippen molar-refractivity contribution in [1.29, 1.82) is 0 Å². The first kappa shape index (κ1) is 17.0. The van der Waals surface area contributed by atoms with Crippen LogP contribution in [-0.4, -0.2) is 0 Å². The number of allylic oxidation sites excluding steroid dienone is 8. The van der Waals surface area contributed by atoms with E-state index in [2.05, 4.69) is 65.0 Å². The zero-order valence-corrected chi connectivity index (χ0v) is 14.1. The van der Waals surface area contributed by atoms with Crippen LogP contribution in [0.5, 0.6) is 0 Å². The molecule has 0 radical (unpaired) electrons. The van der Waals surface area contributed by atoms with E-state index < -0.39 is 0 Å². The highest BCUT2D eigenvalue weighted by molar-refractivity contribution is 5.19. The van der Waals surface area contributed by atoms with Crippen LogP contribution in [0.25, 0.3) is 0 Å². The quantitative estimate of drug-likeness (QED) is 0.471. The fourth-order valence-electron chi connectivity index (χ4n) is 2.59. The average molecular weight is 272 g/mol. The minimum atomic E-state index is 0.696. The third kappa shape index (κ3) is 6.93. The normalized spacial score (nSPS) is 32.3. The van der Waals surface area contributed by atoms with Gasteiger partial charge in [-0.3, -0.25) is 0 Å². The summed E-state index contributed by atoms with van der Waals surface area (Å²) in [5.41, 5.74) is 4.46. The van der Waals surface area contributed by atoms with Crippen molar-refractivity contribution in [3.8, 4) is 0 Å². The van der Waals surface area contributed by atoms with Crippen molar-refractivity contribution in [2.75, 3.05) is 0 Å². The second-order valence-corrected chi connectivity index (χ2v) is 6.63. The molecule has 0 aliphatic heterocycles. The summed E-state index contributed by atoms with van der Waals surface area (Å²) < 4.78 is 0. The molecular formula is C20H32. The maximum absolute atomic E-state index is 2.44. The second kappa shape index (κ2) is 9.00. The Morgan fingerprint density at radius 3 is 2.35 bits per heavy atom. The Hall–Kier alpha value is -1.04. The van der Waals surface area contributed by atoms with Crippen LogP contribution in [-0.2, 0) is 0 Å². The van der Waals surface area contributed by atoms with Crippen LogP contribution < -0.4 is 0 Å². The van der Waals surface area contributed by atoms with Crippen LogP contribution in [0.1, 0.15) is 66.7 Å². The van der Waals surface area contributed by atoms with E-state index in [9.17, 15) is 0 Å². The van der Waals surface area contributed by atoms with Gasteiger partial charge in [-0.15, -0.1) is 0 Å². The van der Waals surface area contributed by atoms with Crippen molar-refractivity contribution in [3.63, 3.8) is 0 Å². The monoisotopic (exact) mass is 272 g/mol. The highest BCUT2D eigenvalue weighted by Crippen LogP contribution is 2.23. The summed E-state index contributed by atoms with van der Waals surface area (Å²) in [4.78, 5) is 0. The number of hydrogen-bond acceptors (Lipinski definition) is 0. The van der Waals surface area contributed by atoms with Gasteiger partial charge in [-0.1, -0.05) is 60.9 Å². The summed E-state index contributed by atoms with van der Waals surface area (Å²) in [7, 11) is 0. The van der Waals surface area contributed by atoms with Crippen LogP contribution >= 0.6 is 0 Å². The van der Waals surface area contributed by atoms with E-state index in [4.69, 9.17) is 0 Å². The van der Waals surface area contributed by atoms with Gasteiger partial charge in [0.1, 0.15) is 0 Å². The van der Waals surface area contributed by atoms with Gasteiger partial charge in [0.2, 0.25) is 0 Å². The van der Waals surface area contributed by atoms with E-state index in [1.807, 2.05) is 0 Å². The predicted molar refractivity (Wildman–Crippen MR) is 91.8 cm³/mol. The first-order valence-corrected chi connectivity index (χ1v) is 8.15. The molecule has 1 rings (SSSR count). The summed E-state index contributed by atoms with van der Waals surface area (Å²) in [5.74, 6) is 1.42. The number of rotatable bonds is 1. The van der Waals surface area contributed by atoms with Crippen LogP contribution in [0.15, 0.2) is 47.1 Å². The van der Waals surface area contributed by atoms with Crippen molar-refractivity contribution in [2.24, 2.45) is 11.8 Å². The summed E-state index contributed by atoms with van der Waals surface area (Å²) in [6, 6.07) is 0. The summed E-state index contributed by atoms with van der Waals surface area (Å²) in [5, 5.41) is 0. The second-order valence-electron chi connectivity index (χ2n) is 6.63. The average Bonchev–Trinajstić information content (AvgIpc) is 2.37. The van der Waals surface area contributed by atoms with Gasteiger partial charge < -0.3 is 0 Å². The Morgan fingerprint density at radius 2 is 1.65 bits per heavy atom. The van der Waals surface area contributed by atoms with Gasteiger partial charge in [-0.05, 0) is 64.7 Å². The lowest BCUT2D eigenvalue weighted by molar-refractivity contribution is 0.435. The SMILES string of the molecule is C/C1=C/C/C=C(C)/C=C/[C@H](C(C)C)CC/C(C)=C\CC1. The van der Waals surface area contributed by atoms with Gasteiger partial charge in [0.25, 0.3) is 0 Å². The fraction of sp³-hybridized carbons (Fsp3) is 0.600. The minimum absolute atomic E-state index is 0.696. The molecule has 0 heteroatoms. The van der Waals surface area contributed by atoms with Crippen LogP contribution in [0, 0.1) is 11.8 Å². The first-order valence-electron chi connectivity index (χ1n) is 8.15. The largest absolute Gasteiger partial charge is 0.0853 e. The van der Waals surface area contributed by atoms with E-state index >= 15 is 0 Å². The van der Waals surface area contributed by atoms with Crippen molar-refractivity contribution >= 4 is 0 Å². The van der Waals surface area contributed by atoms with Crippen molar-refractivity contribution in [3.05, 3.63) is 47.1 Å². The van der Waals surface area contributed by atoms with Crippen molar-refractivity contribution in [2.45, 2.75) is 66.7 Å². The summed E-state index contributed by atoms with van der Waals surface area (Å²) in [6.07, 6.45) is 17.9. The van der Waals surface area contributed by atoms with Gasteiger partial charge >= 0.3 is 0 Å². The maximum Gasteiger partial charge on any atom is -0.0161 e. The molecule has 0 bridgehead atoms. The lowest BCUT2D eigenvalue weighted by Crippen LogP contribution is -2.05. The number of hydrogen-bond donors (Lipinski definition) is 0. The molecule has 0 heterocycles. The summed E-state index contributed by atoms with van der Waals surface area (Å²) in [6.45, 7) is 11.4. The zero-order valence-electron chi connectivity index (χ0n) is 14.1. The zero-order chi connectivity index (χ0) is 15.0. The van der Waals surface area contributed by atoms with E-state index in [1.54, 1.807) is 5.57 Å². The smallest absolute Gasteiger partial charge is 0.0161 e. The molecule has 0 saturated heterocycles. The molecule has 0 aromatic heterocycles. The molecule has 112 valence electrons. The molecule has 0 N–H and O–H groups in total. The van der Waals surface area contributed by atoms with E-state index in [0.717, 1.165) is 12.3 Å². The molecule has 0 unspecified atom stereocenters. The van der Waals surface area contributed by atoms with Crippen LogP contribution in [0.4, 0.5) is 0 Å². The van der Waals surface area contributed by atoms with Gasteiger partial charge in [-0.2, -0.15) is 0 Å². The maximum atomic E-state index is 2.44. The van der Waals surface area contributed by atoms with Gasteiger partial charge in [0.15, 0.2) is 0 Å². The Bertz CT molecular complexity index is 402. The molecule has 0 saturated carbocycles. The summed E-state index contributed by atoms with van der Waals surface area (Å²) >= 11 is 0. The third-order valence-electron chi connectivity index (χ3n) is 4.27. The van der Waals surface area contributed by atoms with E-state index in [-0.39, 0.29) is 0 Å². The first-order chi connectivity index (χ1) is 9.49. The molecule has 0 nitrogen and oxygen atoms in total. The van der Waals surface area contributed by atoms with Gasteiger partial charge in [0, 0.05) is 0 Å². The Morgan fingerprint density at radius 1 is 0.950 bits per heavy atom. The highest BCUT2D eigenvalue weighted by Gasteiger charge is 2.09. The Balaban J connectivity index is 2.85. The molecule has 0 aromatic carbocycles. The molecule has 20 heavy (non-hydrogen) atoms. The van der Waals surface area contributed by atoms with Crippen molar-refractivity contribution in [1.82, 2.24) is 0 Å². The van der Waals surface area contributed by atoms with Gasteiger partial charge in [-0.25, -0.2) is 0 Å². The lowest BCUT2D eigenvalue weighted by atomic mass is 9.88. The molecule has 1 aliphatic rings. The molecule has 0 amide bonds. The van der Waals surface area contributed by atoms with Crippen LogP contribution in [0.2, 0.25) is 0 Å². The third-order valence-corrected chi connectivity index (χ3v) is 4.27. The predicted octanol–water partition coefficient (Wildman–Crippen LogP) is 6.62. The lowest BCUT2D eigenvalue weighted by Gasteiger charge is -2.17. The Labute approximate surface area is 126 Å². The molecule has 0 spiro atoms. The molecule has 1 aliphatic carbocycles. The molecule has 0 aromatic rings. The molecule has 0 fully saturated rings. The molecular weight excluding hydrogens is 240 g/mol.